The summed E-state index contributed by atoms with van der Waals surface area (Å²) < 4.78 is 5.15. The lowest BCUT2D eigenvalue weighted by molar-refractivity contribution is 0.298. The van der Waals surface area contributed by atoms with Crippen LogP contribution >= 0.6 is 11.6 Å². The highest BCUT2D eigenvalue weighted by Crippen LogP contribution is 2.21. The minimum atomic E-state index is 0.0412. The fraction of sp³-hybridized carbons (Fsp3) is 0.222. The van der Waals surface area contributed by atoms with Crippen molar-refractivity contribution < 1.29 is 9.52 Å². The summed E-state index contributed by atoms with van der Waals surface area (Å²) in [5.74, 6) is 1.22. The van der Waals surface area contributed by atoms with Crippen LogP contribution in [0.4, 0.5) is 0 Å². The van der Waals surface area contributed by atoms with Crippen LogP contribution in [0, 0.1) is 0 Å². The molecule has 0 aliphatic heterocycles. The molecule has 2 N–H and O–H groups in total. The molecular weight excluding hydrogens is 204 g/mol. The molecule has 0 aliphatic rings. The van der Waals surface area contributed by atoms with E-state index in [9.17, 15) is 0 Å². The molecule has 0 atom stereocenters. The van der Waals surface area contributed by atoms with E-state index in [0.717, 1.165) is 5.69 Å². The second kappa shape index (κ2) is 3.86. The maximum atomic E-state index is 8.75. The first-order valence-corrected chi connectivity index (χ1v) is 4.58. The molecule has 2 heterocycles. The van der Waals surface area contributed by atoms with Crippen molar-refractivity contribution in [2.45, 2.75) is 6.42 Å². The summed E-state index contributed by atoms with van der Waals surface area (Å²) in [4.78, 5) is 7.06. The van der Waals surface area contributed by atoms with Gasteiger partial charge in [-0.05, 0) is 12.1 Å². The number of nitrogens with one attached hydrogen (secondary N) is 1. The summed E-state index contributed by atoms with van der Waals surface area (Å²) in [5.41, 5.74) is 0.723. The zero-order valence-electron chi connectivity index (χ0n) is 7.33. The van der Waals surface area contributed by atoms with Gasteiger partial charge in [-0.3, -0.25) is 0 Å². The number of aliphatic hydroxyl groups excluding tert-OH is 1. The molecule has 0 amide bonds. The van der Waals surface area contributed by atoms with Crippen molar-refractivity contribution in [1.82, 2.24) is 9.97 Å². The number of aliphatic hydroxyl groups is 1. The van der Waals surface area contributed by atoms with Gasteiger partial charge in [0.05, 0.1) is 12.0 Å². The molecule has 0 aromatic carbocycles. The van der Waals surface area contributed by atoms with E-state index in [0.29, 0.717) is 23.2 Å². The second-order valence-corrected chi connectivity index (χ2v) is 3.16. The lowest BCUT2D eigenvalue weighted by Gasteiger charge is -1.91. The fourth-order valence-corrected chi connectivity index (χ4v) is 1.42. The monoisotopic (exact) mass is 212 g/mol. The predicted molar refractivity (Wildman–Crippen MR) is 52.1 cm³/mol. The molecule has 4 nitrogen and oxygen atoms in total. The molecule has 0 spiro atoms. The quantitative estimate of drug-likeness (QED) is 0.817. The molecule has 2 aromatic rings. The van der Waals surface area contributed by atoms with Gasteiger partial charge in [-0.2, -0.15) is 0 Å². The highest BCUT2D eigenvalue weighted by Gasteiger charge is 2.10. The Morgan fingerprint density at radius 2 is 2.43 bits per heavy atom. The number of aromatic nitrogens is 2. The molecule has 0 saturated heterocycles. The van der Waals surface area contributed by atoms with Crippen LogP contribution in [0.15, 0.2) is 22.8 Å². The van der Waals surface area contributed by atoms with Crippen molar-refractivity contribution in [3.05, 3.63) is 29.2 Å². The molecule has 2 rings (SSSR count). The Hall–Kier alpha value is -1.26. The molecule has 0 fully saturated rings. The van der Waals surface area contributed by atoms with E-state index in [1.54, 1.807) is 18.4 Å². The Bertz CT molecular complexity index is 408. The van der Waals surface area contributed by atoms with Crippen LogP contribution in [0.25, 0.3) is 11.6 Å². The molecule has 0 aliphatic carbocycles. The van der Waals surface area contributed by atoms with Crippen LogP contribution in [0.5, 0.6) is 0 Å². The van der Waals surface area contributed by atoms with E-state index in [4.69, 9.17) is 21.1 Å². The Kier molecular flexibility index (Phi) is 2.56. The first-order valence-electron chi connectivity index (χ1n) is 4.20. The van der Waals surface area contributed by atoms with Gasteiger partial charge in [0.25, 0.3) is 0 Å². The third-order valence-corrected chi connectivity index (χ3v) is 2.16. The van der Waals surface area contributed by atoms with Crippen molar-refractivity contribution in [2.24, 2.45) is 0 Å². The molecule has 5 heteroatoms. The van der Waals surface area contributed by atoms with Crippen molar-refractivity contribution in [1.29, 1.82) is 0 Å². The lowest BCUT2D eigenvalue weighted by Crippen LogP contribution is -1.91. The Labute approximate surface area is 85.5 Å². The zero-order valence-corrected chi connectivity index (χ0v) is 8.08. The second-order valence-electron chi connectivity index (χ2n) is 2.81. The summed E-state index contributed by atoms with van der Waals surface area (Å²) in [6, 6.07) is 3.56. The highest BCUT2D eigenvalue weighted by molar-refractivity contribution is 6.30. The van der Waals surface area contributed by atoms with E-state index in [-0.39, 0.29) is 6.61 Å². The van der Waals surface area contributed by atoms with E-state index >= 15 is 0 Å². The molecular formula is C9H9ClN2O2. The summed E-state index contributed by atoms with van der Waals surface area (Å²) in [6.07, 6.45) is 2.03. The number of halogens is 1. The topological polar surface area (TPSA) is 62.0 Å². The number of nitrogens with zero attached hydrogens (tertiary/aromatic N) is 1. The number of hydrogen-bond donors (Lipinski definition) is 2. The fourth-order valence-electron chi connectivity index (χ4n) is 1.20. The van der Waals surface area contributed by atoms with Crippen LogP contribution < -0.4 is 0 Å². The van der Waals surface area contributed by atoms with Crippen LogP contribution in [0.1, 0.15) is 5.69 Å². The highest BCUT2D eigenvalue weighted by atomic mass is 35.5. The van der Waals surface area contributed by atoms with Crippen LogP contribution in [0.3, 0.4) is 0 Å². The van der Waals surface area contributed by atoms with Crippen molar-refractivity contribution in [3.8, 4) is 11.6 Å². The normalized spacial score (nSPS) is 10.7. The van der Waals surface area contributed by atoms with E-state index < -0.39 is 0 Å². The molecule has 0 bridgehead atoms. The van der Waals surface area contributed by atoms with Crippen LogP contribution in [0.2, 0.25) is 5.15 Å². The Morgan fingerprint density at radius 1 is 1.57 bits per heavy atom. The minimum absolute atomic E-state index is 0.0412. The molecule has 0 radical (unpaired) electrons. The maximum absolute atomic E-state index is 8.75. The number of aromatic amines is 1. The van der Waals surface area contributed by atoms with E-state index in [1.165, 1.54) is 0 Å². The van der Waals surface area contributed by atoms with Crippen LogP contribution in [-0.2, 0) is 6.42 Å². The first kappa shape index (κ1) is 9.30. The van der Waals surface area contributed by atoms with Gasteiger partial charge < -0.3 is 14.5 Å². The third kappa shape index (κ3) is 1.66. The van der Waals surface area contributed by atoms with Crippen molar-refractivity contribution >= 4 is 11.6 Å². The van der Waals surface area contributed by atoms with Crippen molar-refractivity contribution in [2.75, 3.05) is 6.61 Å². The molecule has 0 saturated carbocycles. The van der Waals surface area contributed by atoms with E-state index in [1.807, 2.05) is 0 Å². The van der Waals surface area contributed by atoms with Gasteiger partial charge in [-0.15, -0.1) is 0 Å². The van der Waals surface area contributed by atoms with Crippen molar-refractivity contribution in [3.63, 3.8) is 0 Å². The van der Waals surface area contributed by atoms with Gasteiger partial charge in [0.2, 0.25) is 0 Å². The van der Waals surface area contributed by atoms with Gasteiger partial charge in [0.1, 0.15) is 0 Å². The predicted octanol–water partition coefficient (Wildman–Crippen LogP) is 1.86. The average Bonchev–Trinajstić information content (AvgIpc) is 2.76. The first-order chi connectivity index (χ1) is 6.81. The molecule has 14 heavy (non-hydrogen) atoms. The summed E-state index contributed by atoms with van der Waals surface area (Å²) >= 11 is 5.85. The molecule has 2 aromatic heterocycles. The van der Waals surface area contributed by atoms with Gasteiger partial charge in [-0.25, -0.2) is 4.98 Å². The van der Waals surface area contributed by atoms with Crippen LogP contribution in [-0.4, -0.2) is 21.7 Å². The Morgan fingerprint density at radius 3 is 3.07 bits per heavy atom. The molecule has 74 valence electrons. The number of imidazole rings is 1. The summed E-state index contributed by atoms with van der Waals surface area (Å²) in [7, 11) is 0. The lowest BCUT2D eigenvalue weighted by atomic mass is 10.3. The zero-order chi connectivity index (χ0) is 9.97. The molecule has 0 unspecified atom stereocenters. The SMILES string of the molecule is OCCc1[nH]c(-c2ccco2)nc1Cl. The van der Waals surface area contributed by atoms with E-state index in [2.05, 4.69) is 9.97 Å². The maximum Gasteiger partial charge on any atom is 0.175 e. The summed E-state index contributed by atoms with van der Waals surface area (Å²) in [6.45, 7) is 0.0412. The number of furan rings is 1. The average molecular weight is 213 g/mol. The van der Waals surface area contributed by atoms with Gasteiger partial charge >= 0.3 is 0 Å². The number of rotatable bonds is 3. The summed E-state index contributed by atoms with van der Waals surface area (Å²) in [5, 5.41) is 9.13. The third-order valence-electron chi connectivity index (χ3n) is 1.84. The number of H-pyrrole nitrogens is 1. The minimum Gasteiger partial charge on any atom is -0.461 e. The van der Waals surface area contributed by atoms with Gasteiger partial charge in [-0.1, -0.05) is 11.6 Å². The largest absolute Gasteiger partial charge is 0.461 e. The smallest absolute Gasteiger partial charge is 0.175 e. The Balaban J connectivity index is 2.33. The number of hydrogen-bond acceptors (Lipinski definition) is 3. The van der Waals surface area contributed by atoms with Gasteiger partial charge in [0.15, 0.2) is 16.7 Å². The standard InChI is InChI=1S/C9H9ClN2O2/c10-8-6(3-4-13)11-9(12-8)7-2-1-5-14-7/h1-2,5,13H,3-4H2,(H,11,12). The van der Waals surface area contributed by atoms with Gasteiger partial charge in [0, 0.05) is 13.0 Å².